The predicted molar refractivity (Wildman–Crippen MR) is 174 cm³/mol. The van der Waals surface area contributed by atoms with E-state index in [-0.39, 0.29) is 23.4 Å². The number of ether oxygens (including phenoxy) is 2. The van der Waals surface area contributed by atoms with E-state index < -0.39 is 6.04 Å². The van der Waals surface area contributed by atoms with Crippen LogP contribution in [0, 0.1) is 0 Å². The first-order valence-electron chi connectivity index (χ1n) is 15.2. The minimum Gasteiger partial charge on any atom is -0.494 e. The molecule has 4 rings (SSSR count). The Labute approximate surface area is 254 Å². The molecule has 0 aliphatic heterocycles. The standard InChI is InChI=1S/C35H44N4O4/c1-8-31(38(21-22-42-7)35(41)37-32-27(23(3)4)14-12-15-28(32)24(5)6)33-36-30-16-11-10-13-29(30)34(40)39(33)25-17-19-26(20-18-25)43-9-2/h10-20,23-24,31H,8-9,21-22H2,1-7H3,(H,37,41). The van der Waals surface area contributed by atoms with Crippen LogP contribution in [-0.4, -0.2) is 47.4 Å². The Morgan fingerprint density at radius 1 is 0.930 bits per heavy atom. The summed E-state index contributed by atoms with van der Waals surface area (Å²) in [5.74, 6) is 1.64. The molecule has 1 atom stereocenters. The molecule has 8 nitrogen and oxygen atoms in total. The summed E-state index contributed by atoms with van der Waals surface area (Å²) in [7, 11) is 1.62. The van der Waals surface area contributed by atoms with Crippen molar-refractivity contribution in [2.75, 3.05) is 32.2 Å². The van der Waals surface area contributed by atoms with Crippen molar-refractivity contribution in [1.29, 1.82) is 0 Å². The summed E-state index contributed by atoms with van der Waals surface area (Å²) in [6.07, 6.45) is 0.530. The van der Waals surface area contributed by atoms with Gasteiger partial charge in [-0.25, -0.2) is 9.78 Å². The highest BCUT2D eigenvalue weighted by Crippen LogP contribution is 2.34. The number of carbonyl (C=O) groups is 1. The summed E-state index contributed by atoms with van der Waals surface area (Å²) >= 11 is 0. The van der Waals surface area contributed by atoms with E-state index in [1.165, 1.54) is 0 Å². The fraction of sp³-hybridized carbons (Fsp3) is 0.400. The van der Waals surface area contributed by atoms with E-state index >= 15 is 0 Å². The van der Waals surface area contributed by atoms with Crippen molar-refractivity contribution in [3.05, 3.63) is 94.0 Å². The number of rotatable bonds is 12. The first-order valence-corrected chi connectivity index (χ1v) is 15.2. The number of carbonyl (C=O) groups excluding carboxylic acids is 1. The molecule has 1 unspecified atom stereocenters. The lowest BCUT2D eigenvalue weighted by Crippen LogP contribution is -2.42. The lowest BCUT2D eigenvalue weighted by Gasteiger charge is -2.33. The molecule has 0 radical (unpaired) electrons. The Morgan fingerprint density at radius 2 is 1.58 bits per heavy atom. The third-order valence-electron chi connectivity index (χ3n) is 7.67. The van der Waals surface area contributed by atoms with Gasteiger partial charge in [0.05, 0.1) is 35.8 Å². The van der Waals surface area contributed by atoms with E-state index in [0.29, 0.717) is 54.3 Å². The van der Waals surface area contributed by atoms with E-state index in [2.05, 4.69) is 45.1 Å². The molecule has 1 heterocycles. The maximum Gasteiger partial charge on any atom is 0.322 e. The zero-order chi connectivity index (χ0) is 31.1. The molecule has 228 valence electrons. The number of benzene rings is 3. The zero-order valence-electron chi connectivity index (χ0n) is 26.4. The van der Waals surface area contributed by atoms with Gasteiger partial charge in [0.2, 0.25) is 0 Å². The van der Waals surface area contributed by atoms with Crippen LogP contribution in [0.2, 0.25) is 0 Å². The molecule has 43 heavy (non-hydrogen) atoms. The van der Waals surface area contributed by atoms with Gasteiger partial charge in [-0.1, -0.05) is 65.0 Å². The Bertz CT molecular complexity index is 1570. The van der Waals surface area contributed by atoms with Crippen molar-refractivity contribution in [3.63, 3.8) is 0 Å². The summed E-state index contributed by atoms with van der Waals surface area (Å²) in [5, 5.41) is 3.78. The van der Waals surface area contributed by atoms with Gasteiger partial charge in [0, 0.05) is 19.3 Å². The number of nitrogens with zero attached hydrogens (tertiary/aromatic N) is 3. The molecule has 0 aliphatic rings. The molecule has 0 saturated carbocycles. The maximum atomic E-state index is 14.3. The van der Waals surface area contributed by atoms with Crippen molar-refractivity contribution < 1.29 is 14.3 Å². The van der Waals surface area contributed by atoms with E-state index in [9.17, 15) is 9.59 Å². The second-order valence-corrected chi connectivity index (χ2v) is 11.2. The predicted octanol–water partition coefficient (Wildman–Crippen LogP) is 7.66. The second-order valence-electron chi connectivity index (χ2n) is 11.2. The first-order chi connectivity index (χ1) is 20.7. The Balaban J connectivity index is 1.88. The second kappa shape index (κ2) is 14.3. The topological polar surface area (TPSA) is 85.7 Å². The van der Waals surface area contributed by atoms with Gasteiger partial charge < -0.3 is 19.7 Å². The first kappa shape index (κ1) is 31.8. The van der Waals surface area contributed by atoms with Gasteiger partial charge in [0.15, 0.2) is 0 Å². The molecular formula is C35H44N4O4. The molecule has 2 amide bonds. The molecule has 1 aromatic heterocycles. The molecule has 0 fully saturated rings. The fourth-order valence-corrected chi connectivity index (χ4v) is 5.49. The minimum atomic E-state index is -0.521. The molecule has 0 spiro atoms. The van der Waals surface area contributed by atoms with Gasteiger partial charge in [-0.15, -0.1) is 0 Å². The van der Waals surface area contributed by atoms with Crippen molar-refractivity contribution in [2.24, 2.45) is 0 Å². The van der Waals surface area contributed by atoms with Crippen LogP contribution in [0.15, 0.2) is 71.5 Å². The SMILES string of the molecule is CCOc1ccc(-n2c(C(CC)N(CCOC)C(=O)Nc3c(C(C)C)cccc3C(C)C)nc3ccccc3c2=O)cc1. The summed E-state index contributed by atoms with van der Waals surface area (Å²) in [6, 6.07) is 20.1. The molecular weight excluding hydrogens is 540 g/mol. The summed E-state index contributed by atoms with van der Waals surface area (Å²) < 4.78 is 12.7. The van der Waals surface area contributed by atoms with E-state index in [1.54, 1.807) is 22.6 Å². The number of methoxy groups -OCH3 is 1. The van der Waals surface area contributed by atoms with Crippen LogP contribution >= 0.6 is 0 Å². The van der Waals surface area contributed by atoms with Gasteiger partial charge in [-0.2, -0.15) is 0 Å². The van der Waals surface area contributed by atoms with Gasteiger partial charge in [0.25, 0.3) is 5.56 Å². The van der Waals surface area contributed by atoms with Crippen LogP contribution in [0.1, 0.15) is 82.8 Å². The van der Waals surface area contributed by atoms with Crippen LogP contribution in [0.25, 0.3) is 16.6 Å². The highest BCUT2D eigenvalue weighted by Gasteiger charge is 2.30. The Kier molecular flexibility index (Phi) is 10.6. The molecule has 0 saturated heterocycles. The number of aromatic nitrogens is 2. The van der Waals surface area contributed by atoms with Crippen molar-refractivity contribution in [3.8, 4) is 11.4 Å². The van der Waals surface area contributed by atoms with Crippen molar-refractivity contribution in [2.45, 2.75) is 65.8 Å². The zero-order valence-corrected chi connectivity index (χ0v) is 26.4. The van der Waals surface area contributed by atoms with Crippen LogP contribution in [0.5, 0.6) is 5.75 Å². The number of para-hydroxylation sites is 2. The highest BCUT2D eigenvalue weighted by atomic mass is 16.5. The number of fused-ring (bicyclic) bond motifs is 1. The largest absolute Gasteiger partial charge is 0.494 e. The van der Waals surface area contributed by atoms with Crippen LogP contribution < -0.4 is 15.6 Å². The Morgan fingerprint density at radius 3 is 2.16 bits per heavy atom. The van der Waals surface area contributed by atoms with E-state index in [0.717, 1.165) is 16.8 Å². The quantitative estimate of drug-likeness (QED) is 0.185. The number of anilines is 1. The van der Waals surface area contributed by atoms with Gasteiger partial charge in [-0.05, 0) is 72.7 Å². The Hall–Kier alpha value is -4.17. The molecule has 4 aromatic rings. The normalized spacial score (nSPS) is 12.1. The van der Waals surface area contributed by atoms with Crippen LogP contribution in [0.4, 0.5) is 10.5 Å². The van der Waals surface area contributed by atoms with Gasteiger partial charge in [-0.3, -0.25) is 9.36 Å². The monoisotopic (exact) mass is 584 g/mol. The minimum absolute atomic E-state index is 0.192. The van der Waals surface area contributed by atoms with Crippen LogP contribution in [0.3, 0.4) is 0 Å². The average Bonchev–Trinajstić information content (AvgIpc) is 2.99. The number of hydrogen-bond donors (Lipinski definition) is 1. The average molecular weight is 585 g/mol. The molecule has 0 bridgehead atoms. The van der Waals surface area contributed by atoms with Gasteiger partial charge >= 0.3 is 6.03 Å². The fourth-order valence-electron chi connectivity index (χ4n) is 5.49. The third kappa shape index (κ3) is 6.91. The molecule has 8 heteroatoms. The molecule has 3 aromatic carbocycles. The lowest BCUT2D eigenvalue weighted by atomic mass is 9.92. The number of nitrogens with one attached hydrogen (secondary N) is 1. The lowest BCUT2D eigenvalue weighted by molar-refractivity contribution is 0.131. The summed E-state index contributed by atoms with van der Waals surface area (Å²) in [4.78, 5) is 35.1. The summed E-state index contributed by atoms with van der Waals surface area (Å²) in [5.41, 5.74) is 4.04. The van der Waals surface area contributed by atoms with Crippen LogP contribution in [-0.2, 0) is 4.74 Å². The highest BCUT2D eigenvalue weighted by molar-refractivity contribution is 5.92. The number of amides is 2. The molecule has 1 N–H and O–H groups in total. The van der Waals surface area contributed by atoms with E-state index in [1.807, 2.05) is 62.4 Å². The smallest absolute Gasteiger partial charge is 0.322 e. The van der Waals surface area contributed by atoms with Crippen molar-refractivity contribution >= 4 is 22.6 Å². The van der Waals surface area contributed by atoms with E-state index in [4.69, 9.17) is 14.5 Å². The maximum absolute atomic E-state index is 14.3. The number of hydrogen-bond acceptors (Lipinski definition) is 5. The molecule has 0 aliphatic carbocycles. The third-order valence-corrected chi connectivity index (χ3v) is 7.67. The summed E-state index contributed by atoms with van der Waals surface area (Å²) in [6.45, 7) is 13.6. The van der Waals surface area contributed by atoms with Gasteiger partial charge in [0.1, 0.15) is 11.6 Å². The number of urea groups is 1. The van der Waals surface area contributed by atoms with Crippen molar-refractivity contribution in [1.82, 2.24) is 14.5 Å².